The lowest BCUT2D eigenvalue weighted by atomic mass is 10.1. The summed E-state index contributed by atoms with van der Waals surface area (Å²) in [6, 6.07) is 6.81. The summed E-state index contributed by atoms with van der Waals surface area (Å²) in [6.07, 6.45) is -2.72. The molecule has 2 aromatic rings. The number of aromatic amines is 1. The molecule has 1 N–H and O–H groups in total. The molecule has 0 saturated heterocycles. The zero-order valence-electron chi connectivity index (χ0n) is 12.0. The van der Waals surface area contributed by atoms with Gasteiger partial charge in [0.25, 0.3) is 0 Å². The Hall–Kier alpha value is -2.53. The number of H-pyrrole nitrogens is 1. The van der Waals surface area contributed by atoms with Gasteiger partial charge in [0.1, 0.15) is 11.8 Å². The average molecular weight is 336 g/mol. The third-order valence-corrected chi connectivity index (χ3v) is 4.03. The number of allylic oxidation sites excluding steroid dienone is 1. The fourth-order valence-electron chi connectivity index (χ4n) is 1.79. The molecule has 8 heteroatoms. The number of aromatic nitrogens is 3. The number of nitrogens with zero attached hydrogens (tertiary/aromatic N) is 3. The Labute approximate surface area is 134 Å². The van der Waals surface area contributed by atoms with E-state index in [1.807, 2.05) is 6.07 Å². The third-order valence-electron chi connectivity index (χ3n) is 2.89. The van der Waals surface area contributed by atoms with Crippen molar-refractivity contribution in [1.82, 2.24) is 15.4 Å². The van der Waals surface area contributed by atoms with Gasteiger partial charge in [-0.15, -0.1) is 5.10 Å². The van der Waals surface area contributed by atoms with Crippen LogP contribution in [-0.2, 0) is 6.18 Å². The monoisotopic (exact) mass is 336 g/mol. The normalized spacial score (nSPS) is 12.0. The van der Waals surface area contributed by atoms with Crippen LogP contribution in [0, 0.1) is 11.3 Å². The molecule has 2 rings (SSSR count). The van der Waals surface area contributed by atoms with Crippen molar-refractivity contribution in [2.75, 3.05) is 0 Å². The first-order chi connectivity index (χ1) is 10.9. The van der Waals surface area contributed by atoms with Crippen LogP contribution in [0.4, 0.5) is 13.2 Å². The molecule has 0 bridgehead atoms. The van der Waals surface area contributed by atoms with Gasteiger partial charge >= 0.3 is 6.18 Å². The molecule has 0 saturated carbocycles. The molecule has 0 atom stereocenters. The van der Waals surface area contributed by atoms with E-state index in [-0.39, 0.29) is 5.69 Å². The molecular formula is C15H11F3N4S. The standard InChI is InChI=1S/C15H11F3N4S/c1-3-13(14-12(8-19)20-22-21-14)23-9(2)10-5-4-6-11(7-10)15(16,17)18/h3-7H,2H2,1H3,(H,20,21,22)/b13-3-. The largest absolute Gasteiger partial charge is 0.416 e. The van der Waals surface area contributed by atoms with Crippen molar-refractivity contribution in [3.8, 4) is 6.07 Å². The first kappa shape index (κ1) is 16.8. The molecule has 118 valence electrons. The highest BCUT2D eigenvalue weighted by atomic mass is 32.2. The lowest BCUT2D eigenvalue weighted by Crippen LogP contribution is -2.04. The van der Waals surface area contributed by atoms with Gasteiger partial charge in [-0.25, -0.2) is 0 Å². The van der Waals surface area contributed by atoms with E-state index < -0.39 is 11.7 Å². The van der Waals surface area contributed by atoms with Gasteiger partial charge in [0.15, 0.2) is 5.69 Å². The number of alkyl halides is 3. The van der Waals surface area contributed by atoms with E-state index in [1.165, 1.54) is 6.07 Å². The fourth-order valence-corrected chi connectivity index (χ4v) is 2.65. The Kier molecular flexibility index (Phi) is 4.91. The Morgan fingerprint density at radius 2 is 2.13 bits per heavy atom. The van der Waals surface area contributed by atoms with Crippen molar-refractivity contribution >= 4 is 21.6 Å². The second kappa shape index (κ2) is 6.71. The number of hydrogen-bond donors (Lipinski definition) is 1. The summed E-state index contributed by atoms with van der Waals surface area (Å²) < 4.78 is 38.3. The van der Waals surface area contributed by atoms with Gasteiger partial charge in [0.2, 0.25) is 0 Å². The minimum absolute atomic E-state index is 0.113. The number of nitriles is 1. The van der Waals surface area contributed by atoms with E-state index in [1.54, 1.807) is 19.1 Å². The first-order valence-electron chi connectivity index (χ1n) is 6.38. The van der Waals surface area contributed by atoms with Crippen LogP contribution in [-0.4, -0.2) is 15.4 Å². The first-order valence-corrected chi connectivity index (χ1v) is 7.20. The molecule has 0 unspecified atom stereocenters. The summed E-state index contributed by atoms with van der Waals surface area (Å²) in [5, 5.41) is 18.9. The lowest BCUT2D eigenvalue weighted by Gasteiger charge is -2.11. The van der Waals surface area contributed by atoms with Crippen molar-refractivity contribution in [2.45, 2.75) is 13.1 Å². The van der Waals surface area contributed by atoms with Crippen LogP contribution >= 0.6 is 11.8 Å². The Balaban J connectivity index is 2.27. The van der Waals surface area contributed by atoms with Gasteiger partial charge in [0.05, 0.1) is 5.56 Å². The quantitative estimate of drug-likeness (QED) is 0.895. The van der Waals surface area contributed by atoms with Crippen LogP contribution in [0.3, 0.4) is 0 Å². The zero-order valence-corrected chi connectivity index (χ0v) is 12.8. The topological polar surface area (TPSA) is 65.4 Å². The van der Waals surface area contributed by atoms with Crippen LogP contribution in [0.5, 0.6) is 0 Å². The van der Waals surface area contributed by atoms with Crippen molar-refractivity contribution < 1.29 is 13.2 Å². The summed E-state index contributed by atoms with van der Waals surface area (Å²) >= 11 is 1.13. The van der Waals surface area contributed by atoms with Gasteiger partial charge in [0, 0.05) is 9.81 Å². The number of thioether (sulfide) groups is 1. The number of benzene rings is 1. The zero-order chi connectivity index (χ0) is 17.0. The molecule has 0 fully saturated rings. The molecule has 0 spiro atoms. The smallest absolute Gasteiger partial charge is 0.196 e. The molecule has 4 nitrogen and oxygen atoms in total. The second-order valence-electron chi connectivity index (χ2n) is 4.39. The lowest BCUT2D eigenvalue weighted by molar-refractivity contribution is -0.137. The SMILES string of the molecule is C=C(S/C(=C\C)c1n[nH]nc1C#N)c1cccc(C(F)(F)F)c1. The van der Waals surface area contributed by atoms with Crippen LogP contribution in [0.15, 0.2) is 36.9 Å². The fraction of sp³-hybridized carbons (Fsp3) is 0.133. The second-order valence-corrected chi connectivity index (χ2v) is 5.53. The molecule has 0 aliphatic rings. The maximum absolute atomic E-state index is 12.8. The van der Waals surface area contributed by atoms with Crippen molar-refractivity contribution in [3.63, 3.8) is 0 Å². The highest BCUT2D eigenvalue weighted by Crippen LogP contribution is 2.39. The van der Waals surface area contributed by atoms with E-state index in [2.05, 4.69) is 22.0 Å². The summed E-state index contributed by atoms with van der Waals surface area (Å²) in [6.45, 7) is 5.55. The van der Waals surface area contributed by atoms with Crippen molar-refractivity contribution in [2.24, 2.45) is 0 Å². The highest BCUT2D eigenvalue weighted by molar-refractivity contribution is 8.16. The maximum Gasteiger partial charge on any atom is 0.416 e. The minimum atomic E-state index is -4.41. The maximum atomic E-state index is 12.8. The third kappa shape index (κ3) is 3.81. The highest BCUT2D eigenvalue weighted by Gasteiger charge is 2.30. The molecule has 0 amide bonds. The van der Waals surface area contributed by atoms with Gasteiger partial charge in [-0.3, -0.25) is 0 Å². The van der Waals surface area contributed by atoms with Gasteiger partial charge < -0.3 is 0 Å². The van der Waals surface area contributed by atoms with Crippen LogP contribution in [0.1, 0.15) is 29.4 Å². The molecular weight excluding hydrogens is 325 g/mol. The van der Waals surface area contributed by atoms with Crippen molar-refractivity contribution in [3.05, 3.63) is 59.4 Å². The van der Waals surface area contributed by atoms with Gasteiger partial charge in [-0.05, 0) is 24.6 Å². The number of nitrogens with one attached hydrogen (secondary N) is 1. The van der Waals surface area contributed by atoms with Crippen LogP contribution in [0.25, 0.3) is 9.81 Å². The average Bonchev–Trinajstić information content (AvgIpc) is 3.00. The van der Waals surface area contributed by atoms with Gasteiger partial charge in [-0.2, -0.15) is 28.7 Å². The summed E-state index contributed by atoms with van der Waals surface area (Å²) in [5.41, 5.74) is 0.0691. The Morgan fingerprint density at radius 1 is 1.39 bits per heavy atom. The predicted octanol–water partition coefficient (Wildman–Crippen LogP) is 4.46. The van der Waals surface area contributed by atoms with Crippen molar-refractivity contribution in [1.29, 1.82) is 5.26 Å². The molecule has 1 heterocycles. The van der Waals surface area contributed by atoms with E-state index in [9.17, 15) is 13.2 Å². The molecule has 1 aromatic heterocycles. The van der Waals surface area contributed by atoms with E-state index in [0.717, 1.165) is 23.9 Å². The van der Waals surface area contributed by atoms with Crippen LogP contribution in [0.2, 0.25) is 0 Å². The number of rotatable bonds is 4. The van der Waals surface area contributed by atoms with E-state index in [4.69, 9.17) is 5.26 Å². The van der Waals surface area contributed by atoms with Crippen LogP contribution < -0.4 is 0 Å². The summed E-state index contributed by atoms with van der Waals surface area (Å²) in [4.78, 5) is 0.994. The van der Waals surface area contributed by atoms with E-state index in [0.29, 0.717) is 21.1 Å². The minimum Gasteiger partial charge on any atom is -0.196 e. The number of halogens is 3. The molecule has 0 aliphatic carbocycles. The summed E-state index contributed by atoms with van der Waals surface area (Å²) in [5.74, 6) is 0. The van der Waals surface area contributed by atoms with Gasteiger partial charge in [-0.1, -0.05) is 36.5 Å². The molecule has 1 aromatic carbocycles. The Morgan fingerprint density at radius 3 is 2.74 bits per heavy atom. The predicted molar refractivity (Wildman–Crippen MR) is 82.8 cm³/mol. The Bertz CT molecular complexity index is 800. The molecule has 0 aliphatic heterocycles. The molecule has 0 radical (unpaired) electrons. The molecule has 23 heavy (non-hydrogen) atoms. The van der Waals surface area contributed by atoms with E-state index >= 15 is 0 Å². The summed E-state index contributed by atoms with van der Waals surface area (Å²) in [7, 11) is 0. The number of hydrogen-bond acceptors (Lipinski definition) is 4.